The molecular formula is C7H12N2O2. The Morgan fingerprint density at radius 2 is 2.27 bits per heavy atom. The van der Waals surface area contributed by atoms with Crippen molar-refractivity contribution in [3.8, 4) is 6.19 Å². The number of nitriles is 1. The third-order valence-electron chi connectivity index (χ3n) is 1.15. The highest BCUT2D eigenvalue weighted by atomic mass is 16.5. The van der Waals surface area contributed by atoms with E-state index >= 15 is 0 Å². The Kier molecular flexibility index (Phi) is 4.91. The second-order valence-corrected chi connectivity index (χ2v) is 1.92. The van der Waals surface area contributed by atoms with Crippen LogP contribution >= 0.6 is 0 Å². The zero-order chi connectivity index (χ0) is 8.69. The molecule has 0 atom stereocenters. The van der Waals surface area contributed by atoms with Gasteiger partial charge in [-0.3, -0.25) is 9.69 Å². The summed E-state index contributed by atoms with van der Waals surface area (Å²) >= 11 is 0. The molecule has 0 saturated heterocycles. The predicted molar refractivity (Wildman–Crippen MR) is 39.5 cm³/mol. The molecule has 0 radical (unpaired) electrons. The zero-order valence-corrected chi connectivity index (χ0v) is 6.83. The van der Waals surface area contributed by atoms with Crippen molar-refractivity contribution in [3.05, 3.63) is 0 Å². The highest BCUT2D eigenvalue weighted by Gasteiger charge is 2.06. The molecule has 0 aliphatic rings. The van der Waals surface area contributed by atoms with Crippen molar-refractivity contribution in [2.45, 2.75) is 13.8 Å². The van der Waals surface area contributed by atoms with Gasteiger partial charge in [-0.05, 0) is 13.8 Å². The summed E-state index contributed by atoms with van der Waals surface area (Å²) in [7, 11) is 0. The minimum atomic E-state index is -0.351. The molecule has 0 aromatic rings. The van der Waals surface area contributed by atoms with E-state index in [4.69, 9.17) is 5.26 Å². The molecule has 11 heavy (non-hydrogen) atoms. The molecule has 0 unspecified atom stereocenters. The topological polar surface area (TPSA) is 53.3 Å². The SMILES string of the molecule is CCOC(=O)CN(C#N)CC. The maximum atomic E-state index is 10.8. The number of hydrogen-bond acceptors (Lipinski definition) is 4. The third-order valence-corrected chi connectivity index (χ3v) is 1.15. The second-order valence-electron chi connectivity index (χ2n) is 1.92. The average molecular weight is 156 g/mol. The minimum Gasteiger partial charge on any atom is -0.465 e. The van der Waals surface area contributed by atoms with Gasteiger partial charge in [-0.1, -0.05) is 0 Å². The summed E-state index contributed by atoms with van der Waals surface area (Å²) in [5, 5.41) is 8.41. The van der Waals surface area contributed by atoms with Gasteiger partial charge in [-0.15, -0.1) is 0 Å². The van der Waals surface area contributed by atoms with Crippen molar-refractivity contribution in [2.24, 2.45) is 0 Å². The Morgan fingerprint density at radius 3 is 2.64 bits per heavy atom. The Morgan fingerprint density at radius 1 is 1.64 bits per heavy atom. The summed E-state index contributed by atoms with van der Waals surface area (Å²) in [5.74, 6) is -0.351. The highest BCUT2D eigenvalue weighted by molar-refractivity contribution is 5.71. The van der Waals surface area contributed by atoms with Crippen molar-refractivity contribution in [2.75, 3.05) is 19.7 Å². The largest absolute Gasteiger partial charge is 0.465 e. The molecule has 0 spiro atoms. The highest BCUT2D eigenvalue weighted by Crippen LogP contribution is 1.86. The first-order valence-corrected chi connectivity index (χ1v) is 3.54. The Hall–Kier alpha value is -1.24. The van der Waals surface area contributed by atoms with E-state index in [1.165, 1.54) is 4.90 Å². The van der Waals surface area contributed by atoms with Crippen LogP contribution in [0.1, 0.15) is 13.8 Å². The maximum Gasteiger partial charge on any atom is 0.326 e. The second kappa shape index (κ2) is 5.54. The van der Waals surface area contributed by atoms with E-state index in [0.29, 0.717) is 13.2 Å². The molecule has 0 bridgehead atoms. The number of carbonyl (C=O) groups excluding carboxylic acids is 1. The van der Waals surface area contributed by atoms with E-state index in [2.05, 4.69) is 4.74 Å². The average Bonchev–Trinajstić information content (AvgIpc) is 2.01. The van der Waals surface area contributed by atoms with Crippen molar-refractivity contribution in [1.82, 2.24) is 4.90 Å². The first kappa shape index (κ1) is 9.76. The maximum absolute atomic E-state index is 10.8. The van der Waals surface area contributed by atoms with Gasteiger partial charge in [0.15, 0.2) is 6.19 Å². The first-order valence-electron chi connectivity index (χ1n) is 3.54. The van der Waals surface area contributed by atoms with E-state index in [1.54, 1.807) is 6.92 Å². The van der Waals surface area contributed by atoms with E-state index < -0.39 is 0 Å². The van der Waals surface area contributed by atoms with Crippen LogP contribution in [0.2, 0.25) is 0 Å². The van der Waals surface area contributed by atoms with Crippen molar-refractivity contribution < 1.29 is 9.53 Å². The Bertz CT molecular complexity index is 162. The van der Waals surface area contributed by atoms with Crippen molar-refractivity contribution >= 4 is 5.97 Å². The lowest BCUT2D eigenvalue weighted by molar-refractivity contribution is -0.143. The van der Waals surface area contributed by atoms with Crippen LogP contribution in [-0.2, 0) is 9.53 Å². The number of ether oxygens (including phenoxy) is 1. The number of esters is 1. The third kappa shape index (κ3) is 4.20. The predicted octanol–water partition coefficient (Wildman–Crippen LogP) is 0.352. The van der Waals surface area contributed by atoms with Crippen LogP contribution in [0.5, 0.6) is 0 Å². The van der Waals surface area contributed by atoms with Crippen LogP contribution in [-0.4, -0.2) is 30.6 Å². The van der Waals surface area contributed by atoms with Gasteiger partial charge < -0.3 is 4.74 Å². The van der Waals surface area contributed by atoms with Gasteiger partial charge in [0, 0.05) is 6.54 Å². The minimum absolute atomic E-state index is 0.0564. The molecule has 0 aliphatic heterocycles. The zero-order valence-electron chi connectivity index (χ0n) is 6.83. The number of carbonyl (C=O) groups is 1. The smallest absolute Gasteiger partial charge is 0.326 e. The van der Waals surface area contributed by atoms with Crippen molar-refractivity contribution in [1.29, 1.82) is 5.26 Å². The van der Waals surface area contributed by atoms with Crippen LogP contribution < -0.4 is 0 Å². The molecule has 0 rings (SSSR count). The monoisotopic (exact) mass is 156 g/mol. The molecule has 62 valence electrons. The van der Waals surface area contributed by atoms with E-state index in [1.807, 2.05) is 13.1 Å². The number of hydrogen-bond donors (Lipinski definition) is 0. The van der Waals surface area contributed by atoms with Crippen LogP contribution in [0.4, 0.5) is 0 Å². The number of rotatable bonds is 4. The number of nitrogens with zero attached hydrogens (tertiary/aromatic N) is 2. The lowest BCUT2D eigenvalue weighted by atomic mass is 10.5. The molecular weight excluding hydrogens is 144 g/mol. The fourth-order valence-corrected chi connectivity index (χ4v) is 0.580. The normalized spacial score (nSPS) is 8.45. The molecule has 0 heterocycles. The summed E-state index contributed by atoms with van der Waals surface area (Å²) in [6.07, 6.45) is 1.87. The van der Waals surface area contributed by atoms with Crippen LogP contribution in [0.25, 0.3) is 0 Å². The summed E-state index contributed by atoms with van der Waals surface area (Å²) in [6, 6.07) is 0. The molecule has 0 aromatic carbocycles. The van der Waals surface area contributed by atoms with Crippen LogP contribution in [0.3, 0.4) is 0 Å². The van der Waals surface area contributed by atoms with Gasteiger partial charge in [0.25, 0.3) is 0 Å². The Labute approximate surface area is 66.4 Å². The summed E-state index contributed by atoms with van der Waals surface area (Å²) in [4.78, 5) is 12.1. The van der Waals surface area contributed by atoms with Gasteiger partial charge >= 0.3 is 5.97 Å². The summed E-state index contributed by atoms with van der Waals surface area (Å²) in [5.41, 5.74) is 0. The molecule has 0 N–H and O–H groups in total. The fourth-order valence-electron chi connectivity index (χ4n) is 0.580. The van der Waals surface area contributed by atoms with Gasteiger partial charge in [0.2, 0.25) is 0 Å². The first-order chi connectivity index (χ1) is 5.24. The van der Waals surface area contributed by atoms with Gasteiger partial charge in [-0.2, -0.15) is 5.26 Å². The van der Waals surface area contributed by atoms with Crippen LogP contribution in [0.15, 0.2) is 0 Å². The molecule has 0 amide bonds. The summed E-state index contributed by atoms with van der Waals surface area (Å²) < 4.78 is 4.64. The van der Waals surface area contributed by atoms with Gasteiger partial charge in [0.1, 0.15) is 6.54 Å². The molecule has 0 saturated carbocycles. The standard InChI is InChI=1S/C7H12N2O2/c1-3-9(6-8)5-7(10)11-4-2/h3-5H2,1-2H3. The molecule has 4 nitrogen and oxygen atoms in total. The Balaban J connectivity index is 3.65. The van der Waals surface area contributed by atoms with E-state index in [0.717, 1.165) is 0 Å². The van der Waals surface area contributed by atoms with E-state index in [-0.39, 0.29) is 12.5 Å². The lowest BCUT2D eigenvalue weighted by Gasteiger charge is -2.10. The molecule has 0 aromatic heterocycles. The lowest BCUT2D eigenvalue weighted by Crippen LogP contribution is -2.26. The quantitative estimate of drug-likeness (QED) is 0.335. The van der Waals surface area contributed by atoms with Crippen molar-refractivity contribution in [3.63, 3.8) is 0 Å². The number of likely N-dealkylation sites (N-methyl/N-ethyl adjacent to an activating group) is 1. The summed E-state index contributed by atoms with van der Waals surface area (Å²) in [6.45, 7) is 4.50. The van der Waals surface area contributed by atoms with Crippen LogP contribution in [0, 0.1) is 11.5 Å². The fraction of sp³-hybridized carbons (Fsp3) is 0.714. The van der Waals surface area contributed by atoms with E-state index in [9.17, 15) is 4.79 Å². The molecule has 4 heteroatoms. The van der Waals surface area contributed by atoms with Gasteiger partial charge in [-0.25, -0.2) is 0 Å². The van der Waals surface area contributed by atoms with Gasteiger partial charge in [0.05, 0.1) is 6.61 Å². The molecule has 0 aliphatic carbocycles. The molecule has 0 fully saturated rings.